The number of hydrogen-bond donors (Lipinski definition) is 3. The fraction of sp³-hybridized carbons (Fsp3) is 0.900. The average molecular weight is 423 g/mol. The van der Waals surface area contributed by atoms with E-state index in [2.05, 4.69) is 21.7 Å². The highest BCUT2D eigenvalue weighted by Crippen LogP contribution is 2.37. The van der Waals surface area contributed by atoms with Gasteiger partial charge in [-0.1, -0.05) is 83.3 Å². The summed E-state index contributed by atoms with van der Waals surface area (Å²) in [6, 6.07) is -0.820. The van der Waals surface area contributed by atoms with Gasteiger partial charge in [-0.2, -0.15) is 0 Å². The van der Waals surface area contributed by atoms with Gasteiger partial charge in [-0.05, 0) is 12.8 Å². The van der Waals surface area contributed by atoms with Crippen LogP contribution in [0.5, 0.6) is 0 Å². The molecule has 0 spiro atoms. The van der Waals surface area contributed by atoms with Gasteiger partial charge in [0, 0.05) is 0 Å². The van der Waals surface area contributed by atoms with E-state index in [-0.39, 0.29) is 13.2 Å². The Balaban J connectivity index is 3.61. The van der Waals surface area contributed by atoms with Gasteiger partial charge < -0.3 is 30.5 Å². The van der Waals surface area contributed by atoms with E-state index >= 15 is 0 Å². The highest BCUT2D eigenvalue weighted by molar-refractivity contribution is 7.45. The van der Waals surface area contributed by atoms with Crippen molar-refractivity contribution < 1.29 is 29.3 Å². The highest BCUT2D eigenvalue weighted by Gasteiger charge is 2.16. The fourth-order valence-electron chi connectivity index (χ4n) is 2.79. The molecule has 0 aromatic heterocycles. The van der Waals surface area contributed by atoms with Crippen LogP contribution in [-0.2, 0) is 13.6 Å². The van der Waals surface area contributed by atoms with Crippen molar-refractivity contribution in [1.82, 2.24) is 0 Å². The predicted molar refractivity (Wildman–Crippen MR) is 111 cm³/mol. The largest absolute Gasteiger partial charge is 0.756 e. The van der Waals surface area contributed by atoms with Gasteiger partial charge in [0.05, 0.1) is 25.3 Å². The summed E-state index contributed by atoms with van der Waals surface area (Å²) in [7, 11) is -4.37. The lowest BCUT2D eigenvalue weighted by Crippen LogP contribution is -2.52. The van der Waals surface area contributed by atoms with Gasteiger partial charge in [0.1, 0.15) is 6.61 Å². The fourth-order valence-corrected chi connectivity index (χ4v) is 3.58. The Hall–Kier alpha value is -0.270. The zero-order valence-corrected chi connectivity index (χ0v) is 18.6. The first-order chi connectivity index (χ1) is 13.4. The first-order valence-corrected chi connectivity index (χ1v) is 12.4. The Morgan fingerprint density at radius 3 is 2.11 bits per heavy atom. The molecule has 0 fully saturated rings. The summed E-state index contributed by atoms with van der Waals surface area (Å²) in [5, 5.41) is 9.93. The highest BCUT2D eigenvalue weighted by atomic mass is 31.2. The second-order valence-corrected chi connectivity index (χ2v) is 8.75. The number of rotatable bonds is 20. The molecule has 0 heterocycles. The molecule has 0 saturated carbocycles. The van der Waals surface area contributed by atoms with Crippen LogP contribution in [0.1, 0.15) is 84.0 Å². The second-order valence-electron chi connectivity index (χ2n) is 7.34. The smallest absolute Gasteiger partial charge is 0.268 e. The van der Waals surface area contributed by atoms with Crippen LogP contribution in [0.4, 0.5) is 0 Å². The molecule has 0 saturated heterocycles. The van der Waals surface area contributed by atoms with E-state index in [1.807, 2.05) is 6.08 Å². The molecule has 0 bridgehead atoms. The summed E-state index contributed by atoms with van der Waals surface area (Å²) >= 11 is 0. The van der Waals surface area contributed by atoms with Gasteiger partial charge in [-0.3, -0.25) is 4.57 Å². The van der Waals surface area contributed by atoms with E-state index in [1.54, 1.807) is 6.08 Å². The Morgan fingerprint density at radius 1 is 1.04 bits per heavy atom. The number of unbranched alkanes of at least 4 members (excludes halogenated alkanes) is 11. The average Bonchev–Trinajstić information content (AvgIpc) is 2.68. The number of allylic oxidation sites excluding steroid dienone is 1. The number of phosphoric acid groups is 1. The quantitative estimate of drug-likeness (QED) is 0.157. The molecule has 0 aliphatic rings. The Kier molecular flexibility index (Phi) is 18.6. The molecule has 0 aromatic rings. The first-order valence-electron chi connectivity index (χ1n) is 10.9. The van der Waals surface area contributed by atoms with Crippen molar-refractivity contribution in [2.75, 3.05) is 19.8 Å². The molecule has 168 valence electrons. The van der Waals surface area contributed by atoms with Crippen LogP contribution in [0.2, 0.25) is 0 Å². The number of quaternary nitrogens is 1. The van der Waals surface area contributed by atoms with E-state index in [0.29, 0.717) is 6.54 Å². The minimum absolute atomic E-state index is 0.0303. The lowest BCUT2D eigenvalue weighted by atomic mass is 10.0. The molecule has 7 nitrogen and oxygen atoms in total. The number of nitrogens with two attached hydrogens (primary N) is 1. The molecule has 0 rings (SSSR count). The summed E-state index contributed by atoms with van der Waals surface area (Å²) in [6.45, 7) is 2.22. The molecule has 3 atom stereocenters. The Labute approximate surface area is 171 Å². The van der Waals surface area contributed by atoms with Crippen LogP contribution in [0.25, 0.3) is 0 Å². The van der Waals surface area contributed by atoms with Gasteiger partial charge in [-0.15, -0.1) is 0 Å². The van der Waals surface area contributed by atoms with Crippen molar-refractivity contribution in [2.45, 2.75) is 96.1 Å². The molecule has 28 heavy (non-hydrogen) atoms. The molecule has 3 unspecified atom stereocenters. The summed E-state index contributed by atoms with van der Waals surface area (Å²) in [5.41, 5.74) is 9.23. The van der Waals surface area contributed by atoms with Gasteiger partial charge in [0.15, 0.2) is 0 Å². The molecule has 6 N–H and O–H groups in total. The van der Waals surface area contributed by atoms with E-state index in [0.717, 1.165) is 12.8 Å². The maximum Gasteiger partial charge on any atom is 0.268 e. The molecule has 0 amide bonds. The third-order valence-corrected chi connectivity index (χ3v) is 5.53. The SMILES string of the molecule is CCCCCCCCCCCCC/C=C/C(O)C(N)COP(=O)([O-])OCC[NH3+]. The van der Waals surface area contributed by atoms with Gasteiger partial charge in [-0.25, -0.2) is 0 Å². The van der Waals surface area contributed by atoms with Crippen LogP contribution in [0.3, 0.4) is 0 Å². The summed E-state index contributed by atoms with van der Waals surface area (Å²) < 4.78 is 20.6. The number of hydrogen-bond acceptors (Lipinski definition) is 6. The molecule has 8 heteroatoms. The first kappa shape index (κ1) is 27.7. The van der Waals surface area contributed by atoms with E-state index < -0.39 is 20.0 Å². The minimum atomic E-state index is -4.37. The van der Waals surface area contributed by atoms with Crippen LogP contribution in [0, 0.1) is 0 Å². The molecule has 0 aromatic carbocycles. The van der Waals surface area contributed by atoms with E-state index in [9.17, 15) is 14.6 Å². The van der Waals surface area contributed by atoms with E-state index in [1.165, 1.54) is 64.2 Å². The maximum atomic E-state index is 11.4. The Bertz CT molecular complexity index is 423. The third-order valence-electron chi connectivity index (χ3n) is 4.57. The number of phosphoric ester groups is 1. The van der Waals surface area contributed by atoms with Crippen molar-refractivity contribution in [1.29, 1.82) is 0 Å². The van der Waals surface area contributed by atoms with Crippen molar-refractivity contribution in [3.05, 3.63) is 12.2 Å². The van der Waals surface area contributed by atoms with Crippen LogP contribution < -0.4 is 16.4 Å². The van der Waals surface area contributed by atoms with Crippen LogP contribution in [0.15, 0.2) is 12.2 Å². The van der Waals surface area contributed by atoms with Crippen LogP contribution in [-0.4, -0.2) is 37.0 Å². The Morgan fingerprint density at radius 2 is 1.57 bits per heavy atom. The normalized spacial score (nSPS) is 16.3. The topological polar surface area (TPSA) is 132 Å². The second kappa shape index (κ2) is 18.7. The van der Waals surface area contributed by atoms with Crippen molar-refractivity contribution in [3.63, 3.8) is 0 Å². The minimum Gasteiger partial charge on any atom is -0.756 e. The van der Waals surface area contributed by atoms with Crippen molar-refractivity contribution >= 4 is 7.82 Å². The molecule has 0 aliphatic carbocycles. The third kappa shape index (κ3) is 17.8. The van der Waals surface area contributed by atoms with E-state index in [4.69, 9.17) is 5.73 Å². The predicted octanol–water partition coefficient (Wildman–Crippen LogP) is 2.68. The summed E-state index contributed by atoms with van der Waals surface area (Å²) in [5.74, 6) is 0. The molecule has 0 aliphatic heterocycles. The van der Waals surface area contributed by atoms with Gasteiger partial charge in [0.2, 0.25) is 0 Å². The number of aliphatic hydroxyl groups excluding tert-OH is 1. The number of aliphatic hydroxyl groups is 1. The summed E-state index contributed by atoms with van der Waals surface area (Å²) in [6.07, 6.45) is 17.8. The zero-order valence-electron chi connectivity index (χ0n) is 17.7. The molecular weight excluding hydrogens is 379 g/mol. The maximum absolute atomic E-state index is 11.4. The molecule has 0 radical (unpaired) electrons. The van der Waals surface area contributed by atoms with Crippen LogP contribution >= 0.6 is 7.82 Å². The summed E-state index contributed by atoms with van der Waals surface area (Å²) in [4.78, 5) is 11.4. The lowest BCUT2D eigenvalue weighted by Gasteiger charge is -2.24. The van der Waals surface area contributed by atoms with Crippen molar-refractivity contribution in [3.8, 4) is 0 Å². The van der Waals surface area contributed by atoms with Crippen molar-refractivity contribution in [2.24, 2.45) is 5.73 Å². The standard InChI is InChI=1S/C20H43N2O5P/c1-2-3-4-5-6-7-8-9-10-11-12-13-14-15-20(23)19(22)18-27-28(24,25)26-17-16-21/h14-15,19-20,23H,2-13,16-18,21-22H2,1H3,(H,24,25)/b15-14+. The van der Waals surface area contributed by atoms with Gasteiger partial charge in [0.25, 0.3) is 7.82 Å². The van der Waals surface area contributed by atoms with Gasteiger partial charge >= 0.3 is 0 Å². The monoisotopic (exact) mass is 422 g/mol. The lowest BCUT2D eigenvalue weighted by molar-refractivity contribution is -0.373. The molecular formula is C20H43N2O5P. The zero-order chi connectivity index (χ0) is 21.1.